The Morgan fingerprint density at radius 1 is 1.71 bits per heavy atom. The molecule has 2 N–H and O–H groups in total. The van der Waals surface area contributed by atoms with Gasteiger partial charge in [0.15, 0.2) is 0 Å². The maximum absolute atomic E-state index is 12.0. The van der Waals surface area contributed by atoms with Crippen LogP contribution in [0.4, 0.5) is 0 Å². The van der Waals surface area contributed by atoms with Crippen LogP contribution in [0.1, 0.15) is 30.5 Å². The van der Waals surface area contributed by atoms with Gasteiger partial charge in [0.1, 0.15) is 0 Å². The SMILES string of the molecule is Cc1nc(CCNC(=O)C2(C)CCCN2)cs1. The van der Waals surface area contributed by atoms with Crippen molar-refractivity contribution in [3.63, 3.8) is 0 Å². The van der Waals surface area contributed by atoms with Crippen LogP contribution in [0.5, 0.6) is 0 Å². The highest BCUT2D eigenvalue weighted by atomic mass is 32.1. The number of nitrogens with zero attached hydrogens (tertiary/aromatic N) is 1. The standard InChI is InChI=1S/C12H19N3OS/c1-9-15-10(8-17-9)4-7-13-11(16)12(2)5-3-6-14-12/h8,14H,3-7H2,1-2H3,(H,13,16). The predicted octanol–water partition coefficient (Wildman–Crippen LogP) is 1.25. The molecule has 2 rings (SSSR count). The second-order valence-electron chi connectivity index (χ2n) is 4.73. The van der Waals surface area contributed by atoms with Crippen LogP contribution in [0.3, 0.4) is 0 Å². The van der Waals surface area contributed by atoms with Crippen molar-refractivity contribution in [1.82, 2.24) is 15.6 Å². The van der Waals surface area contributed by atoms with Gasteiger partial charge in [0.2, 0.25) is 5.91 Å². The monoisotopic (exact) mass is 253 g/mol. The molecule has 5 heteroatoms. The number of amides is 1. The van der Waals surface area contributed by atoms with Gasteiger partial charge >= 0.3 is 0 Å². The minimum absolute atomic E-state index is 0.113. The molecule has 94 valence electrons. The van der Waals surface area contributed by atoms with Crippen molar-refractivity contribution in [2.24, 2.45) is 0 Å². The van der Waals surface area contributed by atoms with Gasteiger partial charge in [0.05, 0.1) is 16.2 Å². The van der Waals surface area contributed by atoms with Gasteiger partial charge in [-0.05, 0) is 33.2 Å². The maximum atomic E-state index is 12.0. The van der Waals surface area contributed by atoms with E-state index in [0.29, 0.717) is 6.54 Å². The van der Waals surface area contributed by atoms with Crippen molar-refractivity contribution < 1.29 is 4.79 Å². The predicted molar refractivity (Wildman–Crippen MR) is 69.2 cm³/mol. The molecule has 17 heavy (non-hydrogen) atoms. The number of nitrogens with one attached hydrogen (secondary N) is 2. The van der Waals surface area contributed by atoms with Gasteiger partial charge in [-0.3, -0.25) is 4.79 Å². The van der Waals surface area contributed by atoms with E-state index in [-0.39, 0.29) is 11.4 Å². The zero-order chi connectivity index (χ0) is 12.3. The van der Waals surface area contributed by atoms with E-state index >= 15 is 0 Å². The fraction of sp³-hybridized carbons (Fsp3) is 0.667. The van der Waals surface area contributed by atoms with Crippen molar-refractivity contribution >= 4 is 17.2 Å². The maximum Gasteiger partial charge on any atom is 0.240 e. The van der Waals surface area contributed by atoms with Crippen LogP contribution in [-0.2, 0) is 11.2 Å². The molecule has 1 fully saturated rings. The van der Waals surface area contributed by atoms with Crippen LogP contribution in [0, 0.1) is 6.92 Å². The van der Waals surface area contributed by atoms with Gasteiger partial charge in [0.25, 0.3) is 0 Å². The highest BCUT2D eigenvalue weighted by Gasteiger charge is 2.35. The van der Waals surface area contributed by atoms with E-state index in [2.05, 4.69) is 21.0 Å². The second-order valence-corrected chi connectivity index (χ2v) is 5.79. The summed E-state index contributed by atoms with van der Waals surface area (Å²) in [7, 11) is 0. The normalized spacial score (nSPS) is 23.9. The van der Waals surface area contributed by atoms with Gasteiger partial charge in [-0.1, -0.05) is 0 Å². The lowest BCUT2D eigenvalue weighted by Crippen LogP contribution is -2.51. The topological polar surface area (TPSA) is 54.0 Å². The van der Waals surface area contributed by atoms with Crippen LogP contribution in [0.15, 0.2) is 5.38 Å². The Labute approximate surface area is 106 Å². The van der Waals surface area contributed by atoms with E-state index in [4.69, 9.17) is 0 Å². The molecule has 0 radical (unpaired) electrons. The molecule has 1 aromatic rings. The van der Waals surface area contributed by atoms with Crippen molar-refractivity contribution in [2.45, 2.75) is 38.6 Å². The summed E-state index contributed by atoms with van der Waals surface area (Å²) in [4.78, 5) is 16.3. The molecule has 1 aliphatic heterocycles. The zero-order valence-electron chi connectivity index (χ0n) is 10.4. The molecule has 0 saturated carbocycles. The fourth-order valence-electron chi connectivity index (χ4n) is 2.11. The quantitative estimate of drug-likeness (QED) is 0.849. The van der Waals surface area contributed by atoms with Gasteiger partial charge in [0, 0.05) is 18.3 Å². The largest absolute Gasteiger partial charge is 0.354 e. The molecule has 0 aromatic carbocycles. The van der Waals surface area contributed by atoms with E-state index in [9.17, 15) is 4.79 Å². The first-order chi connectivity index (χ1) is 8.10. The Balaban J connectivity index is 1.77. The van der Waals surface area contributed by atoms with E-state index in [1.165, 1.54) is 0 Å². The first kappa shape index (κ1) is 12.5. The molecule has 0 bridgehead atoms. The summed E-state index contributed by atoms with van der Waals surface area (Å²) in [6.07, 6.45) is 2.82. The van der Waals surface area contributed by atoms with Gasteiger partial charge in [-0.25, -0.2) is 4.98 Å². The molecular formula is C12H19N3OS. The third-order valence-corrected chi connectivity index (χ3v) is 4.03. The van der Waals surface area contributed by atoms with Crippen LogP contribution in [-0.4, -0.2) is 29.5 Å². The second kappa shape index (κ2) is 5.14. The number of rotatable bonds is 4. The van der Waals surface area contributed by atoms with Crippen LogP contribution >= 0.6 is 11.3 Å². The van der Waals surface area contributed by atoms with E-state index in [1.807, 2.05) is 13.8 Å². The molecule has 1 unspecified atom stereocenters. The van der Waals surface area contributed by atoms with E-state index < -0.39 is 0 Å². The lowest BCUT2D eigenvalue weighted by molar-refractivity contribution is -0.126. The molecule has 1 amide bonds. The van der Waals surface area contributed by atoms with Crippen molar-refractivity contribution in [1.29, 1.82) is 0 Å². The molecule has 1 aromatic heterocycles. The van der Waals surface area contributed by atoms with Crippen molar-refractivity contribution in [3.05, 3.63) is 16.1 Å². The van der Waals surface area contributed by atoms with Crippen molar-refractivity contribution in [3.8, 4) is 0 Å². The number of hydrogen-bond donors (Lipinski definition) is 2. The Kier molecular flexibility index (Phi) is 3.79. The molecule has 1 aliphatic rings. The molecular weight excluding hydrogens is 234 g/mol. The lowest BCUT2D eigenvalue weighted by Gasteiger charge is -2.22. The smallest absolute Gasteiger partial charge is 0.240 e. The third-order valence-electron chi connectivity index (χ3n) is 3.20. The summed E-state index contributed by atoms with van der Waals surface area (Å²) in [5.74, 6) is 0.113. The molecule has 2 heterocycles. The fourth-order valence-corrected chi connectivity index (χ4v) is 2.76. The minimum Gasteiger partial charge on any atom is -0.354 e. The number of carbonyl (C=O) groups is 1. The Hall–Kier alpha value is -0.940. The average molecular weight is 253 g/mol. The highest BCUT2D eigenvalue weighted by molar-refractivity contribution is 7.09. The summed E-state index contributed by atoms with van der Waals surface area (Å²) in [6.45, 7) is 5.58. The summed E-state index contributed by atoms with van der Waals surface area (Å²) in [5.41, 5.74) is 0.704. The summed E-state index contributed by atoms with van der Waals surface area (Å²) in [5, 5.41) is 9.38. The van der Waals surface area contributed by atoms with Gasteiger partial charge < -0.3 is 10.6 Å². The molecule has 4 nitrogen and oxygen atoms in total. The number of hydrogen-bond acceptors (Lipinski definition) is 4. The van der Waals surface area contributed by atoms with Gasteiger partial charge in [-0.2, -0.15) is 0 Å². The van der Waals surface area contributed by atoms with Gasteiger partial charge in [-0.15, -0.1) is 11.3 Å². The number of aryl methyl sites for hydroxylation is 1. The molecule has 1 atom stereocenters. The minimum atomic E-state index is -0.363. The molecule has 0 aliphatic carbocycles. The zero-order valence-corrected chi connectivity index (χ0v) is 11.2. The summed E-state index contributed by atoms with van der Waals surface area (Å²) < 4.78 is 0. The Morgan fingerprint density at radius 3 is 3.12 bits per heavy atom. The first-order valence-corrected chi connectivity index (χ1v) is 6.92. The Bertz CT molecular complexity index is 396. The highest BCUT2D eigenvalue weighted by Crippen LogP contribution is 2.18. The lowest BCUT2D eigenvalue weighted by atomic mass is 9.99. The van der Waals surface area contributed by atoms with Crippen LogP contribution in [0.25, 0.3) is 0 Å². The Morgan fingerprint density at radius 2 is 2.53 bits per heavy atom. The van der Waals surface area contributed by atoms with E-state index in [0.717, 1.165) is 36.5 Å². The number of carbonyl (C=O) groups excluding carboxylic acids is 1. The molecule has 1 saturated heterocycles. The van der Waals surface area contributed by atoms with Crippen molar-refractivity contribution in [2.75, 3.05) is 13.1 Å². The average Bonchev–Trinajstić information content (AvgIpc) is 2.89. The molecule has 0 spiro atoms. The first-order valence-electron chi connectivity index (χ1n) is 6.04. The van der Waals surface area contributed by atoms with E-state index in [1.54, 1.807) is 11.3 Å². The number of aromatic nitrogens is 1. The number of thiazole rings is 1. The van der Waals surface area contributed by atoms with Crippen LogP contribution in [0.2, 0.25) is 0 Å². The third kappa shape index (κ3) is 3.04. The van der Waals surface area contributed by atoms with Crippen LogP contribution < -0.4 is 10.6 Å². The summed E-state index contributed by atoms with van der Waals surface area (Å²) in [6, 6.07) is 0. The summed E-state index contributed by atoms with van der Waals surface area (Å²) >= 11 is 1.65.